The van der Waals surface area contributed by atoms with E-state index in [0.29, 0.717) is 5.69 Å². The van der Waals surface area contributed by atoms with Crippen molar-refractivity contribution in [3.8, 4) is 5.75 Å². The minimum Gasteiger partial charge on any atom is -0.482 e. The van der Waals surface area contributed by atoms with Gasteiger partial charge in [0.2, 0.25) is 0 Å². The molecule has 4 nitrogen and oxygen atoms in total. The summed E-state index contributed by atoms with van der Waals surface area (Å²) in [5, 5.41) is 2.88. The number of rotatable bonds is 4. The molecule has 2 rings (SSSR count). The lowest BCUT2D eigenvalue weighted by Gasteiger charge is -2.13. The molecule has 1 amide bonds. The molecule has 1 aromatic rings. The summed E-state index contributed by atoms with van der Waals surface area (Å²) in [5.41, 5.74) is 5.94. The zero-order valence-corrected chi connectivity index (χ0v) is 10.1. The Balaban J connectivity index is 1.83. The van der Waals surface area contributed by atoms with E-state index in [-0.39, 0.29) is 24.3 Å². The Kier molecular flexibility index (Phi) is 4.02. The molecule has 1 fully saturated rings. The maximum atomic E-state index is 13.0. The van der Waals surface area contributed by atoms with Crippen molar-refractivity contribution < 1.29 is 13.9 Å². The van der Waals surface area contributed by atoms with E-state index in [1.165, 1.54) is 18.2 Å². The molecule has 18 heavy (non-hydrogen) atoms. The van der Waals surface area contributed by atoms with Gasteiger partial charge in [0.1, 0.15) is 11.6 Å². The second-order valence-electron chi connectivity index (χ2n) is 4.52. The average molecular weight is 252 g/mol. The average Bonchev–Trinajstić information content (AvgIpc) is 2.83. The number of nitrogens with two attached hydrogens (primary N) is 1. The Morgan fingerprint density at radius 3 is 2.89 bits per heavy atom. The Labute approximate surface area is 105 Å². The molecule has 1 aromatic carbocycles. The van der Waals surface area contributed by atoms with Crippen LogP contribution in [0, 0.1) is 5.82 Å². The highest BCUT2D eigenvalue weighted by Crippen LogP contribution is 2.22. The number of nitrogen functional groups attached to an aromatic ring is 1. The Hall–Kier alpha value is -1.78. The molecule has 0 bridgehead atoms. The highest BCUT2D eigenvalue weighted by molar-refractivity contribution is 5.78. The lowest BCUT2D eigenvalue weighted by Crippen LogP contribution is -2.36. The van der Waals surface area contributed by atoms with Crippen molar-refractivity contribution in [3.05, 3.63) is 24.0 Å². The van der Waals surface area contributed by atoms with Crippen molar-refractivity contribution >= 4 is 11.6 Å². The topological polar surface area (TPSA) is 64.3 Å². The highest BCUT2D eigenvalue weighted by Gasteiger charge is 2.17. The lowest BCUT2D eigenvalue weighted by atomic mass is 10.2. The van der Waals surface area contributed by atoms with Crippen LogP contribution in [0.1, 0.15) is 25.7 Å². The van der Waals surface area contributed by atoms with Gasteiger partial charge in [0.15, 0.2) is 6.61 Å². The number of nitrogens with one attached hydrogen (secondary N) is 1. The summed E-state index contributed by atoms with van der Waals surface area (Å²) in [5.74, 6) is -0.419. The van der Waals surface area contributed by atoms with Gasteiger partial charge < -0.3 is 15.8 Å². The van der Waals surface area contributed by atoms with Crippen LogP contribution >= 0.6 is 0 Å². The predicted molar refractivity (Wildman–Crippen MR) is 66.7 cm³/mol. The largest absolute Gasteiger partial charge is 0.482 e. The standard InChI is InChI=1S/C13H17FN2O2/c14-9-5-6-11(15)12(7-9)18-8-13(17)16-10-3-1-2-4-10/h5-7,10H,1-4,8,15H2,(H,16,17). The van der Waals surface area contributed by atoms with E-state index >= 15 is 0 Å². The number of hydrogen-bond donors (Lipinski definition) is 2. The van der Waals surface area contributed by atoms with Gasteiger partial charge in [0, 0.05) is 12.1 Å². The molecule has 5 heteroatoms. The van der Waals surface area contributed by atoms with Gasteiger partial charge in [-0.15, -0.1) is 0 Å². The molecule has 1 aliphatic rings. The van der Waals surface area contributed by atoms with E-state index in [2.05, 4.69) is 5.32 Å². The second-order valence-corrected chi connectivity index (χ2v) is 4.52. The third kappa shape index (κ3) is 3.35. The van der Waals surface area contributed by atoms with Crippen LogP contribution in [0.3, 0.4) is 0 Å². The third-order valence-corrected chi connectivity index (χ3v) is 3.05. The summed E-state index contributed by atoms with van der Waals surface area (Å²) in [4.78, 5) is 11.6. The normalized spacial score (nSPS) is 15.6. The van der Waals surface area contributed by atoms with Gasteiger partial charge in [-0.25, -0.2) is 4.39 Å². The lowest BCUT2D eigenvalue weighted by molar-refractivity contribution is -0.123. The summed E-state index contributed by atoms with van der Waals surface area (Å²) in [6.07, 6.45) is 4.35. The molecular weight excluding hydrogens is 235 g/mol. The van der Waals surface area contributed by atoms with Crippen LogP contribution in [0.5, 0.6) is 5.75 Å². The van der Waals surface area contributed by atoms with E-state index in [1.807, 2.05) is 0 Å². The first kappa shape index (κ1) is 12.7. The molecule has 0 spiro atoms. The fourth-order valence-electron chi connectivity index (χ4n) is 2.12. The zero-order chi connectivity index (χ0) is 13.0. The molecule has 0 radical (unpaired) electrons. The molecule has 0 aromatic heterocycles. The molecule has 0 saturated heterocycles. The van der Waals surface area contributed by atoms with Crippen molar-refractivity contribution in [2.45, 2.75) is 31.7 Å². The summed E-state index contributed by atoms with van der Waals surface area (Å²) in [6.45, 7) is -0.135. The van der Waals surface area contributed by atoms with Crippen LogP contribution in [0.4, 0.5) is 10.1 Å². The molecule has 98 valence electrons. The number of carbonyl (C=O) groups excluding carboxylic acids is 1. The summed E-state index contributed by atoms with van der Waals surface area (Å²) in [6, 6.07) is 4.10. The first-order valence-corrected chi connectivity index (χ1v) is 6.12. The quantitative estimate of drug-likeness (QED) is 0.804. The molecule has 0 aliphatic heterocycles. The van der Waals surface area contributed by atoms with Crippen LogP contribution in [0.15, 0.2) is 18.2 Å². The van der Waals surface area contributed by atoms with E-state index in [4.69, 9.17) is 10.5 Å². The fraction of sp³-hybridized carbons (Fsp3) is 0.462. The van der Waals surface area contributed by atoms with Crippen molar-refractivity contribution in [2.75, 3.05) is 12.3 Å². The number of anilines is 1. The molecule has 0 unspecified atom stereocenters. The molecule has 1 saturated carbocycles. The minimum atomic E-state index is -0.435. The van der Waals surface area contributed by atoms with Crippen molar-refractivity contribution in [1.29, 1.82) is 0 Å². The van der Waals surface area contributed by atoms with Crippen LogP contribution in [-0.4, -0.2) is 18.6 Å². The number of benzene rings is 1. The van der Waals surface area contributed by atoms with E-state index in [1.54, 1.807) is 0 Å². The SMILES string of the molecule is Nc1ccc(F)cc1OCC(=O)NC1CCCC1. The van der Waals surface area contributed by atoms with Gasteiger partial charge in [-0.1, -0.05) is 12.8 Å². The molecular formula is C13H17FN2O2. The Morgan fingerprint density at radius 2 is 2.17 bits per heavy atom. The molecule has 0 heterocycles. The first-order valence-electron chi connectivity index (χ1n) is 6.12. The number of halogens is 1. The van der Waals surface area contributed by atoms with Gasteiger partial charge in [-0.2, -0.15) is 0 Å². The molecule has 0 atom stereocenters. The van der Waals surface area contributed by atoms with E-state index < -0.39 is 5.82 Å². The first-order chi connectivity index (χ1) is 8.65. The smallest absolute Gasteiger partial charge is 0.258 e. The van der Waals surface area contributed by atoms with E-state index in [9.17, 15) is 9.18 Å². The summed E-state index contributed by atoms with van der Waals surface area (Å²) < 4.78 is 18.2. The number of carbonyl (C=O) groups is 1. The van der Waals surface area contributed by atoms with Crippen molar-refractivity contribution in [3.63, 3.8) is 0 Å². The minimum absolute atomic E-state index is 0.135. The predicted octanol–water partition coefficient (Wildman–Crippen LogP) is 1.85. The zero-order valence-electron chi connectivity index (χ0n) is 10.1. The van der Waals surface area contributed by atoms with Gasteiger partial charge in [-0.3, -0.25) is 4.79 Å². The fourth-order valence-corrected chi connectivity index (χ4v) is 2.12. The third-order valence-electron chi connectivity index (χ3n) is 3.05. The van der Waals surface area contributed by atoms with Crippen LogP contribution in [0.2, 0.25) is 0 Å². The van der Waals surface area contributed by atoms with Gasteiger partial charge in [-0.05, 0) is 25.0 Å². The van der Waals surface area contributed by atoms with Crippen LogP contribution in [-0.2, 0) is 4.79 Å². The monoisotopic (exact) mass is 252 g/mol. The number of amides is 1. The summed E-state index contributed by atoms with van der Waals surface area (Å²) >= 11 is 0. The van der Waals surface area contributed by atoms with E-state index in [0.717, 1.165) is 25.7 Å². The maximum Gasteiger partial charge on any atom is 0.258 e. The van der Waals surface area contributed by atoms with Crippen LogP contribution < -0.4 is 15.8 Å². The van der Waals surface area contributed by atoms with Gasteiger partial charge in [0.25, 0.3) is 5.91 Å². The highest BCUT2D eigenvalue weighted by atomic mass is 19.1. The maximum absolute atomic E-state index is 13.0. The molecule has 1 aliphatic carbocycles. The second kappa shape index (κ2) is 5.71. The summed E-state index contributed by atoms with van der Waals surface area (Å²) in [7, 11) is 0. The van der Waals surface area contributed by atoms with Crippen LogP contribution in [0.25, 0.3) is 0 Å². The van der Waals surface area contributed by atoms with Gasteiger partial charge >= 0.3 is 0 Å². The Morgan fingerprint density at radius 1 is 1.44 bits per heavy atom. The Bertz CT molecular complexity index is 431. The van der Waals surface area contributed by atoms with Crippen molar-refractivity contribution in [1.82, 2.24) is 5.32 Å². The number of hydrogen-bond acceptors (Lipinski definition) is 3. The molecule has 3 N–H and O–H groups in total. The van der Waals surface area contributed by atoms with Gasteiger partial charge in [0.05, 0.1) is 5.69 Å². The number of ether oxygens (including phenoxy) is 1. The van der Waals surface area contributed by atoms with Crippen molar-refractivity contribution in [2.24, 2.45) is 0 Å².